The molecule has 1 heterocycles. The predicted molar refractivity (Wildman–Crippen MR) is 93.4 cm³/mol. The Morgan fingerprint density at radius 2 is 2.00 bits per heavy atom. The minimum absolute atomic E-state index is 0.550. The molecule has 0 saturated heterocycles. The van der Waals surface area contributed by atoms with E-state index in [4.69, 9.17) is 4.98 Å². The Bertz CT molecular complexity index is 414. The molecule has 118 valence electrons. The van der Waals surface area contributed by atoms with E-state index in [1.807, 2.05) is 0 Å². The first-order valence-corrected chi connectivity index (χ1v) is 9.31. The van der Waals surface area contributed by atoms with Gasteiger partial charge in [-0.05, 0) is 31.9 Å². The SMILES string of the molecule is CCCc1nc(NCC)cc(NC2CCCC2SCC)n1. The van der Waals surface area contributed by atoms with Crippen LogP contribution in [0.4, 0.5) is 11.6 Å². The summed E-state index contributed by atoms with van der Waals surface area (Å²) < 4.78 is 0. The first kappa shape index (κ1) is 16.4. The van der Waals surface area contributed by atoms with Crippen molar-refractivity contribution in [3.63, 3.8) is 0 Å². The van der Waals surface area contributed by atoms with Gasteiger partial charge in [-0.15, -0.1) is 0 Å². The maximum atomic E-state index is 4.69. The van der Waals surface area contributed by atoms with Crippen LogP contribution in [0.25, 0.3) is 0 Å². The fraction of sp³-hybridized carbons (Fsp3) is 0.750. The predicted octanol–water partition coefficient (Wildman–Crippen LogP) is 3.95. The van der Waals surface area contributed by atoms with Crippen molar-refractivity contribution >= 4 is 23.4 Å². The minimum atomic E-state index is 0.550. The van der Waals surface area contributed by atoms with Gasteiger partial charge in [0.1, 0.15) is 17.5 Å². The first-order chi connectivity index (χ1) is 10.3. The summed E-state index contributed by atoms with van der Waals surface area (Å²) in [6, 6.07) is 2.60. The Morgan fingerprint density at radius 3 is 2.71 bits per heavy atom. The van der Waals surface area contributed by atoms with Crippen LogP contribution in [-0.2, 0) is 6.42 Å². The molecule has 21 heavy (non-hydrogen) atoms. The van der Waals surface area contributed by atoms with Crippen molar-refractivity contribution in [2.45, 2.75) is 64.2 Å². The van der Waals surface area contributed by atoms with E-state index in [2.05, 4.69) is 54.2 Å². The van der Waals surface area contributed by atoms with Crippen molar-refractivity contribution < 1.29 is 0 Å². The molecule has 0 radical (unpaired) electrons. The van der Waals surface area contributed by atoms with Gasteiger partial charge in [0.25, 0.3) is 0 Å². The summed E-state index contributed by atoms with van der Waals surface area (Å²) in [5, 5.41) is 7.70. The number of hydrogen-bond acceptors (Lipinski definition) is 5. The van der Waals surface area contributed by atoms with Gasteiger partial charge in [-0.2, -0.15) is 11.8 Å². The van der Waals surface area contributed by atoms with Gasteiger partial charge in [0.2, 0.25) is 0 Å². The number of hydrogen-bond donors (Lipinski definition) is 2. The molecule has 1 aliphatic carbocycles. The van der Waals surface area contributed by atoms with Crippen molar-refractivity contribution in [1.82, 2.24) is 9.97 Å². The molecule has 1 saturated carbocycles. The molecule has 1 aliphatic rings. The lowest BCUT2D eigenvalue weighted by Crippen LogP contribution is -2.27. The van der Waals surface area contributed by atoms with E-state index in [-0.39, 0.29) is 0 Å². The second kappa shape index (κ2) is 8.47. The summed E-state index contributed by atoms with van der Waals surface area (Å²) >= 11 is 2.07. The molecule has 2 rings (SSSR count). The number of rotatable bonds is 8. The molecule has 0 aliphatic heterocycles. The normalized spacial score (nSPS) is 21.5. The van der Waals surface area contributed by atoms with E-state index >= 15 is 0 Å². The van der Waals surface area contributed by atoms with Crippen LogP contribution in [0.1, 0.15) is 52.3 Å². The van der Waals surface area contributed by atoms with Crippen LogP contribution in [0, 0.1) is 0 Å². The van der Waals surface area contributed by atoms with Crippen LogP contribution in [-0.4, -0.2) is 33.6 Å². The van der Waals surface area contributed by atoms with Gasteiger partial charge < -0.3 is 10.6 Å². The maximum Gasteiger partial charge on any atom is 0.133 e. The number of anilines is 2. The Balaban J connectivity index is 2.10. The van der Waals surface area contributed by atoms with E-state index in [9.17, 15) is 0 Å². The highest BCUT2D eigenvalue weighted by atomic mass is 32.2. The molecule has 0 spiro atoms. The summed E-state index contributed by atoms with van der Waals surface area (Å²) in [5.74, 6) is 4.06. The van der Waals surface area contributed by atoms with Gasteiger partial charge in [-0.25, -0.2) is 9.97 Å². The number of nitrogens with one attached hydrogen (secondary N) is 2. The third kappa shape index (κ3) is 4.77. The standard InChI is InChI=1S/C16H28N4S/c1-4-8-14-19-15(17-5-2)11-16(20-14)18-12-9-7-10-13(12)21-6-3/h11-13H,4-10H2,1-3H3,(H2,17,18,19,20). The van der Waals surface area contributed by atoms with Crippen molar-refractivity contribution in [2.24, 2.45) is 0 Å². The fourth-order valence-electron chi connectivity index (χ4n) is 2.87. The van der Waals surface area contributed by atoms with E-state index < -0.39 is 0 Å². The average molecular weight is 308 g/mol. The molecule has 1 aromatic heterocycles. The minimum Gasteiger partial charge on any atom is -0.370 e. The summed E-state index contributed by atoms with van der Waals surface area (Å²) in [6.07, 6.45) is 5.91. The molecule has 1 fully saturated rings. The smallest absolute Gasteiger partial charge is 0.133 e. The van der Waals surface area contributed by atoms with E-state index in [0.717, 1.165) is 42.1 Å². The number of aromatic nitrogens is 2. The zero-order chi connectivity index (χ0) is 15.1. The molecule has 1 aromatic rings. The first-order valence-electron chi connectivity index (χ1n) is 8.26. The van der Waals surface area contributed by atoms with E-state index in [0.29, 0.717) is 6.04 Å². The summed E-state index contributed by atoms with van der Waals surface area (Å²) in [7, 11) is 0. The van der Waals surface area contributed by atoms with Gasteiger partial charge in [0, 0.05) is 30.3 Å². The molecule has 2 unspecified atom stereocenters. The van der Waals surface area contributed by atoms with Gasteiger partial charge in [0.15, 0.2) is 0 Å². The molecule has 0 amide bonds. The Morgan fingerprint density at radius 1 is 1.19 bits per heavy atom. The maximum absolute atomic E-state index is 4.69. The lowest BCUT2D eigenvalue weighted by Gasteiger charge is -2.21. The molecule has 4 nitrogen and oxygen atoms in total. The molecular formula is C16H28N4S. The summed E-state index contributed by atoms with van der Waals surface area (Å²) in [4.78, 5) is 9.27. The Labute approximate surface area is 132 Å². The van der Waals surface area contributed by atoms with Crippen molar-refractivity contribution in [2.75, 3.05) is 22.9 Å². The number of aryl methyl sites for hydroxylation is 1. The highest BCUT2D eigenvalue weighted by Crippen LogP contribution is 2.32. The highest BCUT2D eigenvalue weighted by Gasteiger charge is 2.27. The summed E-state index contributed by atoms with van der Waals surface area (Å²) in [5.41, 5.74) is 0. The summed E-state index contributed by atoms with van der Waals surface area (Å²) in [6.45, 7) is 7.40. The van der Waals surface area contributed by atoms with Crippen LogP contribution in [0.2, 0.25) is 0 Å². The van der Waals surface area contributed by atoms with Crippen LogP contribution >= 0.6 is 11.8 Å². The van der Waals surface area contributed by atoms with Crippen molar-refractivity contribution in [3.05, 3.63) is 11.9 Å². The number of thioether (sulfide) groups is 1. The van der Waals surface area contributed by atoms with Gasteiger partial charge in [-0.1, -0.05) is 20.3 Å². The Hall–Kier alpha value is -0.970. The lowest BCUT2D eigenvalue weighted by molar-refractivity contribution is 0.755. The second-order valence-electron chi connectivity index (χ2n) is 5.51. The zero-order valence-corrected chi connectivity index (χ0v) is 14.3. The molecule has 5 heteroatoms. The zero-order valence-electron chi connectivity index (χ0n) is 13.5. The third-order valence-corrected chi connectivity index (χ3v) is 5.10. The van der Waals surface area contributed by atoms with E-state index in [1.54, 1.807) is 0 Å². The largest absolute Gasteiger partial charge is 0.370 e. The monoisotopic (exact) mass is 308 g/mol. The van der Waals surface area contributed by atoms with Crippen LogP contribution in [0.5, 0.6) is 0 Å². The van der Waals surface area contributed by atoms with Crippen LogP contribution in [0.3, 0.4) is 0 Å². The van der Waals surface area contributed by atoms with Crippen LogP contribution < -0.4 is 10.6 Å². The molecule has 2 N–H and O–H groups in total. The van der Waals surface area contributed by atoms with Crippen molar-refractivity contribution in [1.29, 1.82) is 0 Å². The van der Waals surface area contributed by atoms with E-state index in [1.165, 1.54) is 25.0 Å². The van der Waals surface area contributed by atoms with Gasteiger partial charge in [-0.3, -0.25) is 0 Å². The number of nitrogens with zero attached hydrogens (tertiary/aromatic N) is 2. The quantitative estimate of drug-likeness (QED) is 0.761. The molecule has 0 bridgehead atoms. The second-order valence-corrected chi connectivity index (χ2v) is 7.03. The average Bonchev–Trinajstić information content (AvgIpc) is 2.87. The molecule has 0 aromatic carbocycles. The van der Waals surface area contributed by atoms with Crippen LogP contribution in [0.15, 0.2) is 6.07 Å². The topological polar surface area (TPSA) is 49.8 Å². The fourth-order valence-corrected chi connectivity index (χ4v) is 4.07. The van der Waals surface area contributed by atoms with Gasteiger partial charge in [0.05, 0.1) is 0 Å². The molecule has 2 atom stereocenters. The van der Waals surface area contributed by atoms with Gasteiger partial charge >= 0.3 is 0 Å². The third-order valence-electron chi connectivity index (χ3n) is 3.77. The lowest BCUT2D eigenvalue weighted by atomic mass is 10.2. The van der Waals surface area contributed by atoms with Crippen molar-refractivity contribution in [3.8, 4) is 0 Å². The molecular weight excluding hydrogens is 280 g/mol. The highest BCUT2D eigenvalue weighted by molar-refractivity contribution is 7.99. The Kier molecular flexibility index (Phi) is 6.61.